The van der Waals surface area contributed by atoms with E-state index in [4.69, 9.17) is 11.6 Å². The van der Waals surface area contributed by atoms with Crippen molar-refractivity contribution in [1.82, 2.24) is 5.32 Å². The Morgan fingerprint density at radius 2 is 1.95 bits per heavy atom. The quantitative estimate of drug-likeness (QED) is 0.537. The van der Waals surface area contributed by atoms with Crippen LogP contribution in [0, 0.1) is 22.0 Å². The molecule has 5 nitrogen and oxygen atoms in total. The summed E-state index contributed by atoms with van der Waals surface area (Å²) >= 11 is 5.70. The van der Waals surface area contributed by atoms with Crippen molar-refractivity contribution in [2.75, 3.05) is 6.54 Å². The van der Waals surface area contributed by atoms with Crippen molar-refractivity contribution in [3.63, 3.8) is 0 Å². The van der Waals surface area contributed by atoms with Crippen molar-refractivity contribution in [3.05, 3.63) is 74.8 Å². The largest absolute Gasteiger partial charge is 0.341 e. The third-order valence-corrected chi connectivity index (χ3v) is 2.98. The van der Waals surface area contributed by atoms with E-state index in [1.807, 2.05) is 30.3 Å². The third-order valence-electron chi connectivity index (χ3n) is 2.74. The van der Waals surface area contributed by atoms with Gasteiger partial charge in [0.05, 0.1) is 11.5 Å². The monoisotopic (exact) mass is 314 g/mol. The van der Waals surface area contributed by atoms with E-state index in [0.717, 1.165) is 11.6 Å². The van der Waals surface area contributed by atoms with Crippen LogP contribution in [0.4, 0.5) is 5.69 Å². The number of rotatable bonds is 3. The SMILES string of the molecule is O=C(NCC#Cc1ccccc1)c1ccc(Cl)cc1[N+](=O)[O-]. The van der Waals surface area contributed by atoms with Crippen LogP contribution in [0.3, 0.4) is 0 Å². The summed E-state index contributed by atoms with van der Waals surface area (Å²) in [4.78, 5) is 22.3. The van der Waals surface area contributed by atoms with E-state index in [9.17, 15) is 14.9 Å². The highest BCUT2D eigenvalue weighted by molar-refractivity contribution is 6.31. The van der Waals surface area contributed by atoms with Gasteiger partial charge in [-0.05, 0) is 24.3 Å². The Morgan fingerprint density at radius 3 is 2.64 bits per heavy atom. The Kier molecular flexibility index (Phi) is 5.12. The second kappa shape index (κ2) is 7.25. The van der Waals surface area contributed by atoms with Crippen LogP contribution in [0.2, 0.25) is 5.02 Å². The van der Waals surface area contributed by atoms with Crippen molar-refractivity contribution >= 4 is 23.2 Å². The smallest absolute Gasteiger partial charge is 0.283 e. The highest BCUT2D eigenvalue weighted by atomic mass is 35.5. The number of nitro groups is 1. The fourth-order valence-corrected chi connectivity index (χ4v) is 1.90. The highest BCUT2D eigenvalue weighted by Crippen LogP contribution is 2.22. The van der Waals surface area contributed by atoms with Gasteiger partial charge in [0.1, 0.15) is 5.56 Å². The molecule has 2 aromatic rings. The molecule has 22 heavy (non-hydrogen) atoms. The summed E-state index contributed by atoms with van der Waals surface area (Å²) < 4.78 is 0. The van der Waals surface area contributed by atoms with Crippen molar-refractivity contribution < 1.29 is 9.72 Å². The molecule has 110 valence electrons. The van der Waals surface area contributed by atoms with Crippen LogP contribution in [-0.2, 0) is 0 Å². The van der Waals surface area contributed by atoms with Crippen molar-refractivity contribution in [3.8, 4) is 11.8 Å². The molecule has 0 saturated carbocycles. The Hall–Kier alpha value is -2.84. The minimum absolute atomic E-state index is 0.0455. The summed E-state index contributed by atoms with van der Waals surface area (Å²) in [7, 11) is 0. The number of hydrogen-bond acceptors (Lipinski definition) is 3. The summed E-state index contributed by atoms with van der Waals surface area (Å²) in [6.07, 6.45) is 0. The van der Waals surface area contributed by atoms with Crippen molar-refractivity contribution in [2.45, 2.75) is 0 Å². The Labute approximate surface area is 132 Å². The van der Waals surface area contributed by atoms with Crippen LogP contribution < -0.4 is 5.32 Å². The van der Waals surface area contributed by atoms with Crippen LogP contribution in [-0.4, -0.2) is 17.4 Å². The first kappa shape index (κ1) is 15.5. The minimum Gasteiger partial charge on any atom is -0.341 e. The van der Waals surface area contributed by atoms with Crippen LogP contribution >= 0.6 is 11.6 Å². The molecule has 0 aliphatic carbocycles. The number of carbonyl (C=O) groups is 1. The van der Waals surface area contributed by atoms with Gasteiger partial charge in [-0.25, -0.2) is 0 Å². The number of amides is 1. The topological polar surface area (TPSA) is 72.2 Å². The minimum atomic E-state index is -0.642. The molecule has 0 fully saturated rings. The molecule has 0 unspecified atom stereocenters. The first-order valence-corrected chi connectivity index (χ1v) is 6.72. The summed E-state index contributed by atoms with van der Waals surface area (Å²) in [6.45, 7) is 0.0908. The molecule has 0 aliphatic rings. The van der Waals surface area contributed by atoms with E-state index >= 15 is 0 Å². The molecular weight excluding hydrogens is 304 g/mol. The molecule has 6 heteroatoms. The standard InChI is InChI=1S/C16H11ClN2O3/c17-13-8-9-14(15(11-13)19(21)22)16(20)18-10-4-7-12-5-2-1-3-6-12/h1-3,5-6,8-9,11H,10H2,(H,18,20). The van der Waals surface area contributed by atoms with E-state index in [1.165, 1.54) is 12.1 Å². The van der Waals surface area contributed by atoms with Crippen molar-refractivity contribution in [2.24, 2.45) is 0 Å². The molecule has 0 spiro atoms. The van der Waals surface area contributed by atoms with Gasteiger partial charge in [0.2, 0.25) is 0 Å². The maximum atomic E-state index is 12.0. The molecular formula is C16H11ClN2O3. The van der Waals surface area contributed by atoms with Gasteiger partial charge in [0.15, 0.2) is 0 Å². The van der Waals surface area contributed by atoms with Gasteiger partial charge >= 0.3 is 0 Å². The fraction of sp³-hybridized carbons (Fsp3) is 0.0625. The molecule has 1 N–H and O–H groups in total. The number of hydrogen-bond donors (Lipinski definition) is 1. The average molecular weight is 315 g/mol. The molecule has 1 amide bonds. The predicted molar refractivity (Wildman–Crippen MR) is 83.8 cm³/mol. The number of nitrogens with zero attached hydrogens (tertiary/aromatic N) is 1. The zero-order chi connectivity index (χ0) is 15.9. The third kappa shape index (κ3) is 4.08. The number of nitro benzene ring substituents is 1. The predicted octanol–water partition coefficient (Wildman–Crippen LogP) is 3.03. The first-order chi connectivity index (χ1) is 10.6. The van der Waals surface area contributed by atoms with Gasteiger partial charge in [0.25, 0.3) is 11.6 Å². The summed E-state index contributed by atoms with van der Waals surface area (Å²) in [5, 5.41) is 13.7. The number of carbonyl (C=O) groups excluding carboxylic acids is 1. The molecule has 2 aromatic carbocycles. The Balaban J connectivity index is 2.05. The van der Waals surface area contributed by atoms with Crippen LogP contribution in [0.15, 0.2) is 48.5 Å². The molecule has 0 atom stereocenters. The molecule has 0 aromatic heterocycles. The van der Waals surface area contributed by atoms with Gasteiger partial charge in [-0.1, -0.05) is 41.6 Å². The lowest BCUT2D eigenvalue weighted by atomic mass is 10.1. The molecule has 0 bridgehead atoms. The van der Waals surface area contributed by atoms with Gasteiger partial charge in [-0.2, -0.15) is 0 Å². The maximum Gasteiger partial charge on any atom is 0.283 e. The molecule has 0 aliphatic heterocycles. The van der Waals surface area contributed by atoms with E-state index in [2.05, 4.69) is 17.2 Å². The maximum absolute atomic E-state index is 12.0. The Morgan fingerprint density at radius 1 is 1.23 bits per heavy atom. The van der Waals surface area contributed by atoms with E-state index in [-0.39, 0.29) is 22.8 Å². The van der Waals surface area contributed by atoms with E-state index in [0.29, 0.717) is 0 Å². The molecule has 0 heterocycles. The van der Waals surface area contributed by atoms with Crippen LogP contribution in [0.25, 0.3) is 0 Å². The van der Waals surface area contributed by atoms with E-state index < -0.39 is 10.8 Å². The second-order valence-electron chi connectivity index (χ2n) is 4.27. The zero-order valence-electron chi connectivity index (χ0n) is 11.4. The Bertz CT molecular complexity index is 764. The fourth-order valence-electron chi connectivity index (χ4n) is 1.74. The zero-order valence-corrected chi connectivity index (χ0v) is 12.1. The highest BCUT2D eigenvalue weighted by Gasteiger charge is 2.19. The summed E-state index contributed by atoms with van der Waals surface area (Å²) in [5.41, 5.74) is 0.450. The molecule has 0 radical (unpaired) electrons. The number of nitrogens with one attached hydrogen (secondary N) is 1. The number of halogens is 1. The van der Waals surface area contributed by atoms with Crippen LogP contribution in [0.5, 0.6) is 0 Å². The normalized spacial score (nSPS) is 9.50. The van der Waals surface area contributed by atoms with Gasteiger partial charge in [-0.3, -0.25) is 14.9 Å². The summed E-state index contributed by atoms with van der Waals surface area (Å²) in [5.74, 6) is 5.10. The molecule has 0 saturated heterocycles. The lowest BCUT2D eigenvalue weighted by Gasteiger charge is -2.03. The number of benzene rings is 2. The first-order valence-electron chi connectivity index (χ1n) is 6.34. The van der Waals surface area contributed by atoms with Gasteiger partial charge in [-0.15, -0.1) is 0 Å². The lowest BCUT2D eigenvalue weighted by molar-refractivity contribution is -0.385. The second-order valence-corrected chi connectivity index (χ2v) is 4.71. The lowest BCUT2D eigenvalue weighted by Crippen LogP contribution is -2.24. The molecule has 2 rings (SSSR count). The summed E-state index contributed by atoms with van der Waals surface area (Å²) in [6, 6.07) is 13.2. The van der Waals surface area contributed by atoms with Crippen molar-refractivity contribution in [1.29, 1.82) is 0 Å². The van der Waals surface area contributed by atoms with Crippen LogP contribution in [0.1, 0.15) is 15.9 Å². The average Bonchev–Trinajstić information content (AvgIpc) is 2.52. The van der Waals surface area contributed by atoms with E-state index in [1.54, 1.807) is 0 Å². The van der Waals surface area contributed by atoms with Gasteiger partial charge in [0, 0.05) is 16.7 Å². The van der Waals surface area contributed by atoms with Gasteiger partial charge < -0.3 is 5.32 Å².